The fourth-order valence-corrected chi connectivity index (χ4v) is 3.12. The van der Waals surface area contributed by atoms with Crippen molar-refractivity contribution in [3.8, 4) is 0 Å². The maximum Gasteiger partial charge on any atom is 0.214 e. The van der Waals surface area contributed by atoms with Crippen LogP contribution in [-0.2, 0) is 16.6 Å². The number of nitrogens with zero attached hydrogens (tertiary/aromatic N) is 1. The van der Waals surface area contributed by atoms with Gasteiger partial charge in [-0.25, -0.2) is 12.7 Å². The molecule has 1 aliphatic carbocycles. The van der Waals surface area contributed by atoms with Gasteiger partial charge >= 0.3 is 0 Å². The van der Waals surface area contributed by atoms with Crippen molar-refractivity contribution in [2.24, 2.45) is 0 Å². The largest absolute Gasteiger partial charge is 0.472 e. The van der Waals surface area contributed by atoms with Gasteiger partial charge in [-0.15, -0.1) is 0 Å². The Balaban J connectivity index is 1.67. The molecule has 0 radical (unpaired) electrons. The molecule has 1 aromatic heterocycles. The lowest BCUT2D eigenvalue weighted by Crippen LogP contribution is -2.29. The molecule has 0 unspecified atom stereocenters. The smallest absolute Gasteiger partial charge is 0.214 e. The van der Waals surface area contributed by atoms with E-state index in [2.05, 4.69) is 5.32 Å². The lowest BCUT2D eigenvalue weighted by molar-refractivity contribution is 0.461. The van der Waals surface area contributed by atoms with E-state index >= 15 is 0 Å². The summed E-state index contributed by atoms with van der Waals surface area (Å²) < 4.78 is 30.4. The van der Waals surface area contributed by atoms with E-state index < -0.39 is 10.0 Å². The van der Waals surface area contributed by atoms with Gasteiger partial charge in [0.2, 0.25) is 10.0 Å². The van der Waals surface area contributed by atoms with E-state index in [9.17, 15) is 8.42 Å². The van der Waals surface area contributed by atoms with E-state index in [4.69, 9.17) is 4.42 Å². The summed E-state index contributed by atoms with van der Waals surface area (Å²) in [7, 11) is -1.54. The van der Waals surface area contributed by atoms with Crippen molar-refractivity contribution >= 4 is 10.0 Å². The Labute approximate surface area is 115 Å². The number of sulfonamides is 1. The van der Waals surface area contributed by atoms with Crippen molar-refractivity contribution in [3.05, 3.63) is 24.2 Å². The maximum absolute atomic E-state index is 12.0. The molecule has 1 aromatic rings. The van der Waals surface area contributed by atoms with Crippen LogP contribution in [0.5, 0.6) is 0 Å². The standard InChI is InChI=1S/C13H22N2O3S/c1-15(10-12-6-8-18-11-12)19(16,17)9-3-2-7-14-13-4-5-13/h6,8,11,13-14H,2-5,7,9-10H2,1H3. The molecule has 0 atom stereocenters. The lowest BCUT2D eigenvalue weighted by atomic mass is 10.3. The molecular weight excluding hydrogens is 264 g/mol. The average molecular weight is 286 g/mol. The van der Waals surface area contributed by atoms with Crippen molar-refractivity contribution < 1.29 is 12.8 Å². The average Bonchev–Trinajstić information content (AvgIpc) is 3.04. The van der Waals surface area contributed by atoms with Gasteiger partial charge < -0.3 is 9.73 Å². The molecule has 1 saturated carbocycles. The van der Waals surface area contributed by atoms with Crippen LogP contribution in [-0.4, -0.2) is 38.1 Å². The summed E-state index contributed by atoms with van der Waals surface area (Å²) in [5.41, 5.74) is 0.876. The highest BCUT2D eigenvalue weighted by molar-refractivity contribution is 7.89. The van der Waals surface area contributed by atoms with Crippen LogP contribution in [0.4, 0.5) is 0 Å². The first-order valence-corrected chi connectivity index (χ1v) is 8.37. The van der Waals surface area contributed by atoms with Gasteiger partial charge in [-0.2, -0.15) is 0 Å². The number of hydrogen-bond acceptors (Lipinski definition) is 4. The summed E-state index contributed by atoms with van der Waals surface area (Å²) in [4.78, 5) is 0. The highest BCUT2D eigenvalue weighted by atomic mass is 32.2. The van der Waals surface area contributed by atoms with Gasteiger partial charge in [0.15, 0.2) is 0 Å². The molecule has 1 aliphatic rings. The second-order valence-corrected chi connectivity index (χ2v) is 7.33. The van der Waals surface area contributed by atoms with Crippen LogP contribution in [0, 0.1) is 0 Å². The van der Waals surface area contributed by atoms with Gasteiger partial charge in [-0.05, 0) is 38.3 Å². The van der Waals surface area contributed by atoms with Crippen LogP contribution < -0.4 is 5.32 Å². The highest BCUT2D eigenvalue weighted by Gasteiger charge is 2.20. The minimum atomic E-state index is -3.16. The van der Waals surface area contributed by atoms with Gasteiger partial charge in [-0.1, -0.05) is 0 Å². The molecule has 0 amide bonds. The number of rotatable bonds is 9. The maximum atomic E-state index is 12.0. The topological polar surface area (TPSA) is 62.6 Å². The summed E-state index contributed by atoms with van der Waals surface area (Å²) in [6.45, 7) is 1.30. The fourth-order valence-electron chi connectivity index (χ4n) is 1.90. The molecule has 1 N–H and O–H groups in total. The summed E-state index contributed by atoms with van der Waals surface area (Å²) in [5, 5.41) is 3.39. The molecule has 2 rings (SSSR count). The Morgan fingerprint density at radius 2 is 2.21 bits per heavy atom. The molecule has 0 aromatic carbocycles. The molecular formula is C13H22N2O3S. The molecule has 1 heterocycles. The lowest BCUT2D eigenvalue weighted by Gasteiger charge is -2.16. The molecule has 0 aliphatic heterocycles. The first kappa shape index (κ1) is 14.6. The molecule has 0 saturated heterocycles. The third kappa shape index (κ3) is 4.97. The van der Waals surface area contributed by atoms with Gasteiger partial charge in [-0.3, -0.25) is 0 Å². The SMILES string of the molecule is CN(Cc1ccoc1)S(=O)(=O)CCCCNC1CC1. The molecule has 108 valence electrons. The van der Waals surface area contributed by atoms with Gasteiger partial charge in [0.05, 0.1) is 18.3 Å². The normalized spacial score (nSPS) is 16.1. The summed E-state index contributed by atoms with van der Waals surface area (Å²) in [5.74, 6) is 0.216. The van der Waals surface area contributed by atoms with E-state index in [0.717, 1.165) is 18.5 Å². The van der Waals surface area contributed by atoms with Crippen LogP contribution in [0.3, 0.4) is 0 Å². The number of nitrogens with one attached hydrogen (secondary N) is 1. The second kappa shape index (κ2) is 6.54. The summed E-state index contributed by atoms with van der Waals surface area (Å²) >= 11 is 0. The zero-order valence-corrected chi connectivity index (χ0v) is 12.2. The van der Waals surface area contributed by atoms with Gasteiger partial charge in [0.1, 0.15) is 0 Å². The Hall–Kier alpha value is -0.850. The number of unbranched alkanes of at least 4 members (excludes halogenated alkanes) is 1. The number of hydrogen-bond donors (Lipinski definition) is 1. The fraction of sp³-hybridized carbons (Fsp3) is 0.692. The third-order valence-corrected chi connectivity index (χ3v) is 5.18. The monoisotopic (exact) mass is 286 g/mol. The zero-order chi connectivity index (χ0) is 13.7. The van der Waals surface area contributed by atoms with E-state index in [-0.39, 0.29) is 5.75 Å². The van der Waals surface area contributed by atoms with Gasteiger partial charge in [0.25, 0.3) is 0 Å². The van der Waals surface area contributed by atoms with Crippen molar-refractivity contribution in [3.63, 3.8) is 0 Å². The van der Waals surface area contributed by atoms with Crippen LogP contribution in [0.15, 0.2) is 23.0 Å². The van der Waals surface area contributed by atoms with Crippen molar-refractivity contribution in [1.82, 2.24) is 9.62 Å². The molecule has 19 heavy (non-hydrogen) atoms. The van der Waals surface area contributed by atoms with E-state index in [1.54, 1.807) is 25.6 Å². The van der Waals surface area contributed by atoms with E-state index in [0.29, 0.717) is 19.0 Å². The molecule has 6 heteroatoms. The first-order chi connectivity index (χ1) is 9.08. The van der Waals surface area contributed by atoms with Crippen LogP contribution in [0.2, 0.25) is 0 Å². The first-order valence-electron chi connectivity index (χ1n) is 6.76. The minimum Gasteiger partial charge on any atom is -0.472 e. The summed E-state index contributed by atoms with van der Waals surface area (Å²) in [6, 6.07) is 2.48. The molecule has 0 spiro atoms. The summed E-state index contributed by atoms with van der Waals surface area (Å²) in [6.07, 6.45) is 7.29. The van der Waals surface area contributed by atoms with Crippen LogP contribution in [0.25, 0.3) is 0 Å². The Bertz CT molecular complexity index is 466. The van der Waals surface area contributed by atoms with Crippen LogP contribution >= 0.6 is 0 Å². The minimum absolute atomic E-state index is 0.216. The van der Waals surface area contributed by atoms with Crippen LogP contribution in [0.1, 0.15) is 31.2 Å². The second-order valence-electron chi connectivity index (χ2n) is 5.14. The highest BCUT2D eigenvalue weighted by Crippen LogP contribution is 2.18. The predicted molar refractivity (Wildman–Crippen MR) is 74.2 cm³/mol. The van der Waals surface area contributed by atoms with Crippen molar-refractivity contribution in [1.29, 1.82) is 0 Å². The van der Waals surface area contributed by atoms with Crippen molar-refractivity contribution in [2.75, 3.05) is 19.3 Å². The Kier molecular flexibility index (Phi) is 5.01. The zero-order valence-electron chi connectivity index (χ0n) is 11.3. The molecule has 1 fully saturated rings. The third-order valence-electron chi connectivity index (χ3n) is 3.30. The Morgan fingerprint density at radius 3 is 2.84 bits per heavy atom. The van der Waals surface area contributed by atoms with Crippen molar-refractivity contribution in [2.45, 2.75) is 38.3 Å². The molecule has 0 bridgehead atoms. The molecule has 5 nitrogen and oxygen atoms in total. The van der Waals surface area contributed by atoms with E-state index in [1.807, 2.05) is 0 Å². The quantitative estimate of drug-likeness (QED) is 0.700. The van der Waals surface area contributed by atoms with Gasteiger partial charge in [0, 0.05) is 25.2 Å². The number of furan rings is 1. The van der Waals surface area contributed by atoms with E-state index in [1.165, 1.54) is 17.1 Å². The predicted octanol–water partition coefficient (Wildman–Crippen LogP) is 1.57. The Morgan fingerprint density at radius 1 is 1.42 bits per heavy atom.